The van der Waals surface area contributed by atoms with E-state index in [1.54, 1.807) is 6.20 Å². The standard InChI is InChI=1S/C14H13N5O2/c1-7-9(5-16-17-7)13-12(14(15)19-18-13)8-2-3-10-11(4-8)21-6-20-10/h2-5H,6H2,1H3,(H,16,17)(H3,15,18,19). The van der Waals surface area contributed by atoms with Crippen LogP contribution >= 0.6 is 0 Å². The van der Waals surface area contributed by atoms with Gasteiger partial charge in [-0.05, 0) is 24.6 Å². The number of aromatic amines is 2. The molecule has 2 aromatic heterocycles. The van der Waals surface area contributed by atoms with Gasteiger partial charge in [0.2, 0.25) is 6.79 Å². The van der Waals surface area contributed by atoms with Crippen LogP contribution in [0.5, 0.6) is 11.5 Å². The van der Waals surface area contributed by atoms with E-state index in [1.807, 2.05) is 25.1 Å². The normalized spacial score (nSPS) is 12.8. The predicted molar refractivity (Wildman–Crippen MR) is 76.9 cm³/mol. The number of anilines is 1. The maximum Gasteiger partial charge on any atom is 0.231 e. The Morgan fingerprint density at radius 1 is 1.19 bits per heavy atom. The Morgan fingerprint density at radius 3 is 2.86 bits per heavy atom. The number of hydrogen-bond donors (Lipinski definition) is 3. The third-order valence-electron chi connectivity index (χ3n) is 3.55. The van der Waals surface area contributed by atoms with Crippen LogP contribution in [0.4, 0.5) is 5.82 Å². The minimum absolute atomic E-state index is 0.243. The zero-order valence-corrected chi connectivity index (χ0v) is 11.3. The van der Waals surface area contributed by atoms with Crippen molar-refractivity contribution in [2.75, 3.05) is 12.5 Å². The number of aromatic nitrogens is 4. The molecule has 1 aromatic carbocycles. The average Bonchev–Trinajstić information content (AvgIpc) is 3.17. The molecule has 7 heteroatoms. The van der Waals surface area contributed by atoms with Crippen LogP contribution in [0.25, 0.3) is 22.4 Å². The second kappa shape index (κ2) is 4.27. The summed E-state index contributed by atoms with van der Waals surface area (Å²) in [5, 5.41) is 14.1. The highest BCUT2D eigenvalue weighted by Gasteiger charge is 2.20. The van der Waals surface area contributed by atoms with E-state index >= 15 is 0 Å². The van der Waals surface area contributed by atoms with Crippen LogP contribution in [0.1, 0.15) is 5.69 Å². The molecule has 0 radical (unpaired) electrons. The lowest BCUT2D eigenvalue weighted by molar-refractivity contribution is 0.174. The fourth-order valence-corrected chi connectivity index (χ4v) is 2.50. The summed E-state index contributed by atoms with van der Waals surface area (Å²) in [5.74, 6) is 1.88. The number of nitrogen functional groups attached to an aromatic ring is 1. The molecule has 0 aliphatic carbocycles. The first kappa shape index (κ1) is 11.8. The van der Waals surface area contributed by atoms with Gasteiger partial charge in [0.25, 0.3) is 0 Å². The lowest BCUT2D eigenvalue weighted by Crippen LogP contribution is -1.93. The summed E-state index contributed by atoms with van der Waals surface area (Å²) in [6.07, 6.45) is 1.75. The molecular weight excluding hydrogens is 270 g/mol. The molecule has 1 aliphatic rings. The smallest absolute Gasteiger partial charge is 0.231 e. The van der Waals surface area contributed by atoms with Crippen LogP contribution in [-0.2, 0) is 0 Å². The van der Waals surface area contributed by atoms with E-state index in [0.29, 0.717) is 11.6 Å². The molecule has 3 heterocycles. The molecule has 4 N–H and O–H groups in total. The summed E-state index contributed by atoms with van der Waals surface area (Å²) < 4.78 is 10.7. The van der Waals surface area contributed by atoms with Crippen LogP contribution in [0.15, 0.2) is 24.4 Å². The van der Waals surface area contributed by atoms with Crippen molar-refractivity contribution in [1.82, 2.24) is 20.4 Å². The van der Waals surface area contributed by atoms with Gasteiger partial charge < -0.3 is 15.2 Å². The van der Waals surface area contributed by atoms with E-state index < -0.39 is 0 Å². The van der Waals surface area contributed by atoms with Gasteiger partial charge in [0, 0.05) is 11.3 Å². The number of ether oxygens (including phenoxy) is 2. The summed E-state index contributed by atoms with van der Waals surface area (Å²) in [4.78, 5) is 0. The molecule has 0 bridgehead atoms. The summed E-state index contributed by atoms with van der Waals surface area (Å²) in [5.41, 5.74) is 10.5. The number of fused-ring (bicyclic) bond motifs is 1. The van der Waals surface area contributed by atoms with Gasteiger partial charge in [-0.25, -0.2) is 0 Å². The molecule has 0 unspecified atom stereocenters. The van der Waals surface area contributed by atoms with E-state index in [4.69, 9.17) is 15.2 Å². The zero-order chi connectivity index (χ0) is 14.4. The van der Waals surface area contributed by atoms with E-state index in [2.05, 4.69) is 20.4 Å². The highest BCUT2D eigenvalue weighted by atomic mass is 16.7. The molecule has 0 fully saturated rings. The van der Waals surface area contributed by atoms with Gasteiger partial charge in [0.05, 0.1) is 17.5 Å². The molecule has 0 amide bonds. The number of rotatable bonds is 2. The third kappa shape index (κ3) is 1.74. The highest BCUT2D eigenvalue weighted by Crippen LogP contribution is 2.40. The van der Waals surface area contributed by atoms with Crippen LogP contribution < -0.4 is 15.2 Å². The molecule has 1 aliphatic heterocycles. The lowest BCUT2D eigenvalue weighted by Gasteiger charge is -2.05. The Kier molecular flexibility index (Phi) is 2.41. The third-order valence-corrected chi connectivity index (χ3v) is 3.55. The first-order valence-electron chi connectivity index (χ1n) is 6.48. The molecule has 0 atom stereocenters. The fourth-order valence-electron chi connectivity index (χ4n) is 2.50. The molecule has 3 aromatic rings. The molecular formula is C14H13N5O2. The van der Waals surface area contributed by atoms with Gasteiger partial charge in [-0.1, -0.05) is 6.07 Å². The van der Waals surface area contributed by atoms with Crippen LogP contribution in [0.2, 0.25) is 0 Å². The van der Waals surface area contributed by atoms with Gasteiger partial charge in [0.1, 0.15) is 0 Å². The first-order chi connectivity index (χ1) is 10.2. The van der Waals surface area contributed by atoms with Crippen LogP contribution in [-0.4, -0.2) is 27.2 Å². The van der Waals surface area contributed by atoms with Gasteiger partial charge >= 0.3 is 0 Å². The Labute approximate surface area is 120 Å². The second-order valence-corrected chi connectivity index (χ2v) is 4.84. The maximum absolute atomic E-state index is 6.03. The molecule has 0 saturated carbocycles. The highest BCUT2D eigenvalue weighted by molar-refractivity contribution is 5.89. The topological polar surface area (TPSA) is 102 Å². The monoisotopic (exact) mass is 283 g/mol. The van der Waals surface area contributed by atoms with Crippen molar-refractivity contribution >= 4 is 5.82 Å². The van der Waals surface area contributed by atoms with Crippen molar-refractivity contribution < 1.29 is 9.47 Å². The summed E-state index contributed by atoms with van der Waals surface area (Å²) in [6, 6.07) is 5.71. The predicted octanol–water partition coefficient (Wildman–Crippen LogP) is 2.09. The quantitative estimate of drug-likeness (QED) is 0.668. The number of nitrogens with one attached hydrogen (secondary N) is 2. The van der Waals surface area contributed by atoms with Gasteiger partial charge in [-0.3, -0.25) is 10.2 Å². The summed E-state index contributed by atoms with van der Waals surface area (Å²) >= 11 is 0. The van der Waals surface area contributed by atoms with Gasteiger partial charge in [-0.2, -0.15) is 10.2 Å². The van der Waals surface area contributed by atoms with E-state index in [0.717, 1.165) is 33.8 Å². The minimum atomic E-state index is 0.243. The van der Waals surface area contributed by atoms with E-state index in [9.17, 15) is 0 Å². The molecule has 4 rings (SSSR count). The molecule has 106 valence electrons. The second-order valence-electron chi connectivity index (χ2n) is 4.84. The maximum atomic E-state index is 6.03. The van der Waals surface area contributed by atoms with Crippen molar-refractivity contribution in [3.8, 4) is 33.9 Å². The molecule has 0 spiro atoms. The van der Waals surface area contributed by atoms with E-state index in [1.165, 1.54) is 0 Å². The van der Waals surface area contributed by atoms with Crippen molar-refractivity contribution in [3.63, 3.8) is 0 Å². The number of benzene rings is 1. The first-order valence-corrected chi connectivity index (χ1v) is 6.48. The summed E-state index contributed by atoms with van der Waals surface area (Å²) in [7, 11) is 0. The van der Waals surface area contributed by atoms with Crippen molar-refractivity contribution in [3.05, 3.63) is 30.1 Å². The Morgan fingerprint density at radius 2 is 2.05 bits per heavy atom. The van der Waals surface area contributed by atoms with Crippen LogP contribution in [0, 0.1) is 6.92 Å². The molecule has 0 saturated heterocycles. The molecule has 7 nitrogen and oxygen atoms in total. The summed E-state index contributed by atoms with van der Waals surface area (Å²) in [6.45, 7) is 2.19. The number of hydrogen-bond acceptors (Lipinski definition) is 5. The number of nitrogens with zero attached hydrogens (tertiary/aromatic N) is 2. The SMILES string of the molecule is Cc1[nH]ncc1-c1[nH]nc(N)c1-c1ccc2c(c1)OCO2. The number of nitrogens with two attached hydrogens (primary N) is 1. The Bertz CT molecular complexity index is 821. The van der Waals surface area contributed by atoms with Crippen molar-refractivity contribution in [1.29, 1.82) is 0 Å². The Balaban J connectivity index is 1.89. The lowest BCUT2D eigenvalue weighted by atomic mass is 10.0. The molecule has 21 heavy (non-hydrogen) atoms. The van der Waals surface area contributed by atoms with Gasteiger partial charge in [0.15, 0.2) is 17.3 Å². The van der Waals surface area contributed by atoms with Crippen molar-refractivity contribution in [2.45, 2.75) is 6.92 Å². The van der Waals surface area contributed by atoms with Crippen LogP contribution in [0.3, 0.4) is 0 Å². The fraction of sp³-hybridized carbons (Fsp3) is 0.143. The number of H-pyrrole nitrogens is 2. The Hall–Kier alpha value is -2.96. The number of aryl methyl sites for hydroxylation is 1. The van der Waals surface area contributed by atoms with Crippen molar-refractivity contribution in [2.24, 2.45) is 0 Å². The zero-order valence-electron chi connectivity index (χ0n) is 11.3. The van der Waals surface area contributed by atoms with E-state index in [-0.39, 0.29) is 6.79 Å². The average molecular weight is 283 g/mol. The van der Waals surface area contributed by atoms with Gasteiger partial charge in [-0.15, -0.1) is 0 Å². The largest absolute Gasteiger partial charge is 0.454 e. The minimum Gasteiger partial charge on any atom is -0.454 e.